The molecule has 0 saturated carbocycles. The van der Waals surface area contributed by atoms with E-state index < -0.39 is 0 Å². The lowest BCUT2D eigenvalue weighted by molar-refractivity contribution is 1.21. The smallest absolute Gasteiger partial charge is 0.105 e. The van der Waals surface area contributed by atoms with E-state index in [4.69, 9.17) is 7.05 Å². The van der Waals surface area contributed by atoms with Crippen LogP contribution in [0.3, 0.4) is 0 Å². The second-order valence-corrected chi connectivity index (χ2v) is 5.20. The minimum atomic E-state index is 1.10. The number of thiophene rings is 1. The zero-order valence-corrected chi connectivity index (χ0v) is 9.87. The Morgan fingerprint density at radius 2 is 1.59 bits per heavy atom. The van der Waals surface area contributed by atoms with Gasteiger partial charge in [-0.1, -0.05) is 36.4 Å². The summed E-state index contributed by atoms with van der Waals surface area (Å²) in [4.78, 5) is 1.15. The molecule has 0 saturated heterocycles. The molecule has 4 aromatic rings. The fraction of sp³-hybridized carbons (Fsp3) is 0. The SMILES string of the molecule is [CH]n1c2ccccc2c2c3ccccc3sc21. The highest BCUT2D eigenvalue weighted by Gasteiger charge is 2.13. The van der Waals surface area contributed by atoms with Crippen molar-refractivity contribution in [1.82, 2.24) is 4.57 Å². The quantitative estimate of drug-likeness (QED) is 0.422. The van der Waals surface area contributed by atoms with Crippen molar-refractivity contribution in [1.29, 1.82) is 0 Å². The topological polar surface area (TPSA) is 4.93 Å². The van der Waals surface area contributed by atoms with Crippen LogP contribution in [0.15, 0.2) is 48.5 Å². The number of aromatic nitrogens is 1. The molecular formula is C15H9NS. The van der Waals surface area contributed by atoms with Crippen LogP contribution in [0.1, 0.15) is 0 Å². The lowest BCUT2D eigenvalue weighted by Crippen LogP contribution is -1.80. The summed E-state index contributed by atoms with van der Waals surface area (Å²) in [6, 6.07) is 16.8. The number of para-hydroxylation sites is 1. The van der Waals surface area contributed by atoms with Gasteiger partial charge >= 0.3 is 0 Å². The third kappa shape index (κ3) is 1.08. The van der Waals surface area contributed by atoms with Gasteiger partial charge in [0, 0.05) is 20.9 Å². The van der Waals surface area contributed by atoms with E-state index in [1.807, 2.05) is 6.07 Å². The third-order valence-electron chi connectivity index (χ3n) is 3.23. The van der Waals surface area contributed by atoms with Crippen LogP contribution in [-0.4, -0.2) is 4.57 Å². The third-order valence-corrected chi connectivity index (χ3v) is 4.40. The normalized spacial score (nSPS) is 11.8. The summed E-state index contributed by atoms with van der Waals surface area (Å²) in [7, 11) is 6.17. The second kappa shape index (κ2) is 3.11. The zero-order chi connectivity index (χ0) is 11.4. The van der Waals surface area contributed by atoms with E-state index in [1.54, 1.807) is 15.9 Å². The lowest BCUT2D eigenvalue weighted by Gasteiger charge is -1.94. The number of hydrogen-bond donors (Lipinski definition) is 0. The Balaban J connectivity index is 2.41. The molecule has 80 valence electrons. The monoisotopic (exact) mass is 235 g/mol. The molecule has 2 heteroatoms. The van der Waals surface area contributed by atoms with Gasteiger partial charge in [0.2, 0.25) is 0 Å². The highest BCUT2D eigenvalue weighted by molar-refractivity contribution is 7.25. The minimum absolute atomic E-state index is 1.10. The van der Waals surface area contributed by atoms with Crippen LogP contribution in [0.5, 0.6) is 0 Å². The van der Waals surface area contributed by atoms with Crippen molar-refractivity contribution in [2.75, 3.05) is 0 Å². The molecule has 2 aromatic heterocycles. The first kappa shape index (κ1) is 9.25. The molecule has 1 nitrogen and oxygen atoms in total. The number of rotatable bonds is 0. The molecular weight excluding hydrogens is 226 g/mol. The van der Waals surface area contributed by atoms with E-state index in [0.717, 1.165) is 10.3 Å². The number of nitrogens with zero attached hydrogens (tertiary/aromatic N) is 1. The molecule has 0 aliphatic heterocycles. The standard InChI is InChI=1S/C15H9NS/c1-16-12-8-4-2-6-10(12)14-11-7-3-5-9-13(11)17-15(14)16/h1-9H. The van der Waals surface area contributed by atoms with E-state index in [0.29, 0.717) is 0 Å². The number of hydrogen-bond acceptors (Lipinski definition) is 1. The highest BCUT2D eigenvalue weighted by Crippen LogP contribution is 2.39. The van der Waals surface area contributed by atoms with E-state index in [-0.39, 0.29) is 0 Å². The molecule has 0 aliphatic rings. The lowest BCUT2D eigenvalue weighted by atomic mass is 10.1. The Morgan fingerprint density at radius 3 is 2.47 bits per heavy atom. The zero-order valence-electron chi connectivity index (χ0n) is 9.05. The van der Waals surface area contributed by atoms with Crippen molar-refractivity contribution in [3.8, 4) is 0 Å². The van der Waals surface area contributed by atoms with Crippen molar-refractivity contribution in [3.63, 3.8) is 0 Å². The van der Waals surface area contributed by atoms with Crippen molar-refractivity contribution in [3.05, 3.63) is 55.6 Å². The molecule has 0 amide bonds. The maximum atomic E-state index is 6.17. The Labute approximate surface area is 103 Å². The van der Waals surface area contributed by atoms with Crippen LogP contribution in [0.4, 0.5) is 0 Å². The first-order valence-corrected chi connectivity index (χ1v) is 6.33. The van der Waals surface area contributed by atoms with Crippen LogP contribution in [0.2, 0.25) is 0 Å². The molecule has 4 rings (SSSR count). The summed E-state index contributed by atoms with van der Waals surface area (Å²) in [5, 5.41) is 3.82. The molecule has 17 heavy (non-hydrogen) atoms. The molecule has 2 aromatic carbocycles. The summed E-state index contributed by atoms with van der Waals surface area (Å²) in [5.74, 6) is 0. The van der Waals surface area contributed by atoms with Gasteiger partial charge in [-0.3, -0.25) is 0 Å². The largest absolute Gasteiger partial charge is 0.325 e. The molecule has 0 spiro atoms. The van der Waals surface area contributed by atoms with Crippen LogP contribution < -0.4 is 0 Å². The van der Waals surface area contributed by atoms with Gasteiger partial charge in [-0.2, -0.15) is 0 Å². The molecule has 0 atom stereocenters. The van der Waals surface area contributed by atoms with E-state index in [2.05, 4.69) is 42.5 Å². The summed E-state index contributed by atoms with van der Waals surface area (Å²) < 4.78 is 3.09. The molecule has 0 N–H and O–H groups in total. The molecule has 2 heterocycles. The van der Waals surface area contributed by atoms with Gasteiger partial charge in [0.1, 0.15) is 4.83 Å². The molecule has 0 aliphatic carbocycles. The maximum Gasteiger partial charge on any atom is 0.105 e. The van der Waals surface area contributed by atoms with Gasteiger partial charge in [-0.25, -0.2) is 0 Å². The van der Waals surface area contributed by atoms with E-state index >= 15 is 0 Å². The summed E-state index contributed by atoms with van der Waals surface area (Å²) in [5.41, 5.74) is 1.10. The first-order chi connectivity index (χ1) is 8.36. The van der Waals surface area contributed by atoms with E-state index in [9.17, 15) is 0 Å². The van der Waals surface area contributed by atoms with Crippen molar-refractivity contribution in [2.24, 2.45) is 0 Å². The predicted molar refractivity (Wildman–Crippen MR) is 74.5 cm³/mol. The fourth-order valence-corrected chi connectivity index (χ4v) is 3.62. The van der Waals surface area contributed by atoms with Gasteiger partial charge in [0.25, 0.3) is 0 Å². The van der Waals surface area contributed by atoms with Crippen LogP contribution in [0.25, 0.3) is 31.2 Å². The van der Waals surface area contributed by atoms with Crippen LogP contribution in [0, 0.1) is 7.05 Å². The number of benzene rings is 2. The Bertz CT molecular complexity index is 851. The molecule has 0 unspecified atom stereocenters. The second-order valence-electron chi connectivity index (χ2n) is 4.17. The van der Waals surface area contributed by atoms with E-state index in [1.165, 1.54) is 20.9 Å². The van der Waals surface area contributed by atoms with Gasteiger partial charge in [0.15, 0.2) is 0 Å². The molecule has 0 fully saturated rings. The van der Waals surface area contributed by atoms with Crippen LogP contribution in [-0.2, 0) is 0 Å². The van der Waals surface area contributed by atoms with Crippen molar-refractivity contribution in [2.45, 2.75) is 0 Å². The van der Waals surface area contributed by atoms with Crippen LogP contribution >= 0.6 is 11.3 Å². The van der Waals surface area contributed by atoms with Gasteiger partial charge < -0.3 is 4.57 Å². The van der Waals surface area contributed by atoms with Gasteiger partial charge in [0.05, 0.1) is 12.6 Å². The Morgan fingerprint density at radius 1 is 0.882 bits per heavy atom. The summed E-state index contributed by atoms with van der Waals surface area (Å²) in [6.45, 7) is 0. The van der Waals surface area contributed by atoms with Gasteiger partial charge in [-0.15, -0.1) is 11.3 Å². The first-order valence-electron chi connectivity index (χ1n) is 5.52. The average molecular weight is 235 g/mol. The Kier molecular flexibility index (Phi) is 1.69. The summed E-state index contributed by atoms with van der Waals surface area (Å²) >= 11 is 1.75. The molecule has 0 bridgehead atoms. The maximum absolute atomic E-state index is 6.17. The minimum Gasteiger partial charge on any atom is -0.325 e. The van der Waals surface area contributed by atoms with Crippen molar-refractivity contribution < 1.29 is 0 Å². The molecule has 2 radical (unpaired) electrons. The predicted octanol–water partition coefficient (Wildman–Crippen LogP) is 4.53. The van der Waals surface area contributed by atoms with Gasteiger partial charge in [-0.05, 0) is 12.1 Å². The average Bonchev–Trinajstić information content (AvgIpc) is 2.88. The number of fused-ring (bicyclic) bond motifs is 5. The Hall–Kier alpha value is -1.80. The van der Waals surface area contributed by atoms with Crippen molar-refractivity contribution >= 4 is 42.5 Å². The highest BCUT2D eigenvalue weighted by atomic mass is 32.1. The fourth-order valence-electron chi connectivity index (χ4n) is 2.47. The summed E-state index contributed by atoms with van der Waals surface area (Å²) in [6.07, 6.45) is 0.